The van der Waals surface area contributed by atoms with Gasteiger partial charge in [0.15, 0.2) is 0 Å². The molecule has 0 aromatic heterocycles. The Hall–Kier alpha value is -0.630. The van der Waals surface area contributed by atoms with E-state index < -0.39 is 0 Å². The molecule has 0 aliphatic carbocycles. The van der Waals surface area contributed by atoms with Gasteiger partial charge in [-0.25, -0.2) is 0 Å². The van der Waals surface area contributed by atoms with Crippen molar-refractivity contribution >= 4 is 5.71 Å². The van der Waals surface area contributed by atoms with Crippen LogP contribution in [0.3, 0.4) is 0 Å². The Morgan fingerprint density at radius 3 is 2.80 bits per heavy atom. The van der Waals surface area contributed by atoms with Crippen LogP contribution in [0.25, 0.3) is 0 Å². The van der Waals surface area contributed by atoms with E-state index in [9.17, 15) is 0 Å². The van der Waals surface area contributed by atoms with E-state index in [0.717, 1.165) is 18.7 Å². The second-order valence-electron chi connectivity index (χ2n) is 2.70. The van der Waals surface area contributed by atoms with E-state index in [-0.39, 0.29) is 0 Å². The van der Waals surface area contributed by atoms with Crippen molar-refractivity contribution in [2.45, 2.75) is 26.3 Å². The van der Waals surface area contributed by atoms with Crippen LogP contribution in [0.4, 0.5) is 0 Å². The van der Waals surface area contributed by atoms with Crippen LogP contribution in [0.1, 0.15) is 20.3 Å². The largest absolute Gasteiger partial charge is 0.330 e. The molecule has 0 saturated heterocycles. The molecule has 2 heteroatoms. The molecule has 0 fully saturated rings. The highest BCUT2D eigenvalue weighted by Crippen LogP contribution is 2.16. The zero-order chi connectivity index (χ0) is 7.56. The normalized spacial score (nSPS) is 24.5. The van der Waals surface area contributed by atoms with Crippen molar-refractivity contribution in [3.05, 3.63) is 11.6 Å². The molecule has 0 aromatic rings. The predicted octanol–water partition coefficient (Wildman–Crippen LogP) is 1.12. The maximum atomic E-state index is 5.42. The summed E-state index contributed by atoms with van der Waals surface area (Å²) in [4.78, 5) is 4.36. The first-order chi connectivity index (χ1) is 4.74. The van der Waals surface area contributed by atoms with Crippen molar-refractivity contribution in [1.82, 2.24) is 0 Å². The van der Waals surface area contributed by atoms with Crippen molar-refractivity contribution in [2.75, 3.05) is 6.54 Å². The van der Waals surface area contributed by atoms with Gasteiger partial charge in [-0.2, -0.15) is 0 Å². The maximum Gasteiger partial charge on any atom is 0.0688 e. The van der Waals surface area contributed by atoms with Crippen molar-refractivity contribution in [3.8, 4) is 0 Å². The lowest BCUT2D eigenvalue weighted by Crippen LogP contribution is -2.05. The average Bonchev–Trinajstić information content (AvgIpc) is 2.13. The number of rotatable bonds is 2. The number of aliphatic imine (C=N–C) groups is 1. The molecule has 0 radical (unpaired) electrons. The van der Waals surface area contributed by atoms with Crippen molar-refractivity contribution < 1.29 is 0 Å². The molecular formula is C8H14N2. The molecule has 1 rings (SSSR count). The summed E-state index contributed by atoms with van der Waals surface area (Å²) in [5, 5.41) is 0. The van der Waals surface area contributed by atoms with Gasteiger partial charge in [0.1, 0.15) is 0 Å². The Morgan fingerprint density at radius 2 is 2.40 bits per heavy atom. The van der Waals surface area contributed by atoms with E-state index in [0.29, 0.717) is 6.04 Å². The minimum atomic E-state index is 0.378. The minimum Gasteiger partial charge on any atom is -0.330 e. The molecule has 2 nitrogen and oxygen atoms in total. The Kier molecular flexibility index (Phi) is 2.22. The zero-order valence-corrected chi connectivity index (χ0v) is 6.59. The number of nitrogens with two attached hydrogens (primary N) is 1. The van der Waals surface area contributed by atoms with E-state index in [4.69, 9.17) is 5.73 Å². The van der Waals surface area contributed by atoms with Crippen LogP contribution in [-0.2, 0) is 0 Å². The lowest BCUT2D eigenvalue weighted by Gasteiger charge is -2.03. The van der Waals surface area contributed by atoms with Gasteiger partial charge in [0.2, 0.25) is 0 Å². The molecule has 0 spiro atoms. The van der Waals surface area contributed by atoms with Crippen LogP contribution in [0.5, 0.6) is 0 Å². The highest BCUT2D eigenvalue weighted by molar-refractivity contribution is 5.95. The average molecular weight is 138 g/mol. The Labute approximate surface area is 61.8 Å². The third kappa shape index (κ3) is 1.45. The second-order valence-corrected chi connectivity index (χ2v) is 2.70. The molecule has 1 aliphatic rings. The highest BCUT2D eigenvalue weighted by Gasteiger charge is 2.11. The first-order valence-electron chi connectivity index (χ1n) is 3.69. The monoisotopic (exact) mass is 138 g/mol. The summed E-state index contributed by atoms with van der Waals surface area (Å²) in [5.74, 6) is 0. The van der Waals surface area contributed by atoms with Gasteiger partial charge in [-0.05, 0) is 38.5 Å². The standard InChI is InChI=1S/C8H14N2/c1-6-5-8(3-4-9)7(2)10-6/h5,7H,3-4,9H2,1-2H3. The summed E-state index contributed by atoms with van der Waals surface area (Å²) in [5.41, 5.74) is 7.93. The summed E-state index contributed by atoms with van der Waals surface area (Å²) in [7, 11) is 0. The van der Waals surface area contributed by atoms with Gasteiger partial charge < -0.3 is 5.73 Å². The SMILES string of the molecule is CC1=NC(C)C(CCN)=C1. The lowest BCUT2D eigenvalue weighted by atomic mass is 10.1. The van der Waals surface area contributed by atoms with Crippen molar-refractivity contribution in [3.63, 3.8) is 0 Å². The van der Waals surface area contributed by atoms with Gasteiger partial charge in [0.25, 0.3) is 0 Å². The second kappa shape index (κ2) is 2.97. The van der Waals surface area contributed by atoms with Crippen molar-refractivity contribution in [2.24, 2.45) is 10.7 Å². The van der Waals surface area contributed by atoms with E-state index in [1.54, 1.807) is 0 Å². The number of allylic oxidation sites excluding steroid dienone is 1. The summed E-state index contributed by atoms with van der Waals surface area (Å²) >= 11 is 0. The fourth-order valence-corrected chi connectivity index (χ4v) is 1.26. The van der Waals surface area contributed by atoms with Gasteiger partial charge in [-0.15, -0.1) is 0 Å². The van der Waals surface area contributed by atoms with Gasteiger partial charge in [0, 0.05) is 5.71 Å². The van der Waals surface area contributed by atoms with E-state index in [1.165, 1.54) is 5.57 Å². The quantitative estimate of drug-likeness (QED) is 0.610. The molecule has 0 amide bonds. The Bertz CT molecular complexity index is 180. The summed E-state index contributed by atoms with van der Waals surface area (Å²) in [6.07, 6.45) is 3.12. The smallest absolute Gasteiger partial charge is 0.0688 e. The summed E-state index contributed by atoms with van der Waals surface area (Å²) < 4.78 is 0. The van der Waals surface area contributed by atoms with Crippen molar-refractivity contribution in [1.29, 1.82) is 0 Å². The molecule has 1 heterocycles. The maximum absolute atomic E-state index is 5.42. The van der Waals surface area contributed by atoms with E-state index in [1.807, 2.05) is 6.92 Å². The third-order valence-corrected chi connectivity index (χ3v) is 1.76. The zero-order valence-electron chi connectivity index (χ0n) is 6.59. The molecular weight excluding hydrogens is 124 g/mol. The van der Waals surface area contributed by atoms with Gasteiger partial charge >= 0.3 is 0 Å². The minimum absolute atomic E-state index is 0.378. The molecule has 0 aromatic carbocycles. The fourth-order valence-electron chi connectivity index (χ4n) is 1.26. The number of hydrogen-bond acceptors (Lipinski definition) is 2. The Balaban J connectivity index is 2.57. The van der Waals surface area contributed by atoms with E-state index >= 15 is 0 Å². The van der Waals surface area contributed by atoms with Crippen LogP contribution in [-0.4, -0.2) is 18.3 Å². The molecule has 2 N–H and O–H groups in total. The predicted molar refractivity (Wildman–Crippen MR) is 44.3 cm³/mol. The Morgan fingerprint density at radius 1 is 1.70 bits per heavy atom. The topological polar surface area (TPSA) is 38.4 Å². The first kappa shape index (κ1) is 7.48. The lowest BCUT2D eigenvalue weighted by molar-refractivity contribution is 0.804. The van der Waals surface area contributed by atoms with Gasteiger partial charge in [-0.3, -0.25) is 4.99 Å². The van der Waals surface area contributed by atoms with Crippen LogP contribution in [0.2, 0.25) is 0 Å². The molecule has 10 heavy (non-hydrogen) atoms. The summed E-state index contributed by atoms with van der Waals surface area (Å²) in [6.45, 7) is 4.87. The molecule has 1 aliphatic heterocycles. The first-order valence-corrected chi connectivity index (χ1v) is 3.69. The van der Waals surface area contributed by atoms with Crippen LogP contribution < -0.4 is 5.73 Å². The summed E-state index contributed by atoms with van der Waals surface area (Å²) in [6, 6.07) is 0.378. The molecule has 0 bridgehead atoms. The molecule has 0 saturated carbocycles. The fraction of sp³-hybridized carbons (Fsp3) is 0.625. The van der Waals surface area contributed by atoms with Crippen LogP contribution in [0, 0.1) is 0 Å². The highest BCUT2D eigenvalue weighted by atomic mass is 14.8. The molecule has 1 atom stereocenters. The van der Waals surface area contributed by atoms with Gasteiger partial charge in [0.05, 0.1) is 6.04 Å². The van der Waals surface area contributed by atoms with Crippen LogP contribution >= 0.6 is 0 Å². The molecule has 1 unspecified atom stereocenters. The molecule has 56 valence electrons. The third-order valence-electron chi connectivity index (χ3n) is 1.76. The van der Waals surface area contributed by atoms with Crippen LogP contribution in [0.15, 0.2) is 16.6 Å². The van der Waals surface area contributed by atoms with E-state index in [2.05, 4.69) is 18.0 Å². The number of hydrogen-bond donors (Lipinski definition) is 1. The van der Waals surface area contributed by atoms with Gasteiger partial charge in [-0.1, -0.05) is 0 Å². The number of nitrogens with zero attached hydrogens (tertiary/aromatic N) is 1.